The van der Waals surface area contributed by atoms with E-state index in [4.69, 9.17) is 4.74 Å². The smallest absolute Gasteiger partial charge is 0.341 e. The standard InChI is InChI=1S/C24H28FN3O4S/c1-3-32-24(31)21-18(16-6-7-16)14-33-22(21)26-20(29)13-27-8-10-28(11-9-27)23(30)17-5-4-15(2)19(25)12-17/h4-5,12,14,16H,3,6-11,13H2,1-2H3,(H,26,29). The first-order valence-electron chi connectivity index (χ1n) is 11.2. The zero-order valence-electron chi connectivity index (χ0n) is 18.9. The van der Waals surface area contributed by atoms with Gasteiger partial charge in [-0.15, -0.1) is 11.3 Å². The van der Waals surface area contributed by atoms with Gasteiger partial charge >= 0.3 is 5.97 Å². The van der Waals surface area contributed by atoms with Gasteiger partial charge in [0.25, 0.3) is 5.91 Å². The SMILES string of the molecule is CCOC(=O)c1c(C2CC2)csc1NC(=O)CN1CCN(C(=O)c2ccc(C)c(F)c2)CC1. The number of benzene rings is 1. The number of hydrogen-bond acceptors (Lipinski definition) is 6. The van der Waals surface area contributed by atoms with Crippen LogP contribution in [0.15, 0.2) is 23.6 Å². The van der Waals surface area contributed by atoms with E-state index in [1.807, 2.05) is 10.3 Å². The molecule has 176 valence electrons. The number of anilines is 1. The molecule has 1 aromatic heterocycles. The topological polar surface area (TPSA) is 79.0 Å². The van der Waals surface area contributed by atoms with Gasteiger partial charge in [-0.25, -0.2) is 9.18 Å². The maximum absolute atomic E-state index is 13.8. The van der Waals surface area contributed by atoms with E-state index in [1.165, 1.54) is 17.4 Å². The largest absolute Gasteiger partial charge is 0.462 e. The summed E-state index contributed by atoms with van der Waals surface area (Å²) in [6.07, 6.45) is 2.10. The van der Waals surface area contributed by atoms with Crippen molar-refractivity contribution in [2.24, 2.45) is 0 Å². The lowest BCUT2D eigenvalue weighted by atomic mass is 10.1. The summed E-state index contributed by atoms with van der Waals surface area (Å²) in [6.45, 7) is 5.86. The van der Waals surface area contributed by atoms with Crippen molar-refractivity contribution >= 4 is 34.1 Å². The molecule has 1 aromatic carbocycles. The first-order chi connectivity index (χ1) is 15.9. The lowest BCUT2D eigenvalue weighted by Crippen LogP contribution is -2.50. The van der Waals surface area contributed by atoms with Gasteiger partial charge in [-0.3, -0.25) is 14.5 Å². The molecule has 2 aromatic rings. The fourth-order valence-electron chi connectivity index (χ4n) is 3.96. The number of esters is 1. The summed E-state index contributed by atoms with van der Waals surface area (Å²) in [7, 11) is 0. The minimum absolute atomic E-state index is 0.167. The average Bonchev–Trinajstić information content (AvgIpc) is 3.56. The van der Waals surface area contributed by atoms with Crippen LogP contribution in [-0.4, -0.2) is 66.9 Å². The minimum atomic E-state index is -0.393. The number of carbonyl (C=O) groups excluding carboxylic acids is 3. The molecule has 7 nitrogen and oxygen atoms in total. The van der Waals surface area contributed by atoms with Crippen molar-refractivity contribution in [3.05, 3.63) is 51.7 Å². The van der Waals surface area contributed by atoms with Gasteiger partial charge in [0.2, 0.25) is 5.91 Å². The van der Waals surface area contributed by atoms with Crippen LogP contribution in [0.3, 0.4) is 0 Å². The number of rotatable bonds is 7. The van der Waals surface area contributed by atoms with Crippen molar-refractivity contribution in [3.63, 3.8) is 0 Å². The second-order valence-electron chi connectivity index (χ2n) is 8.47. The summed E-state index contributed by atoms with van der Waals surface area (Å²) in [4.78, 5) is 41.5. The lowest BCUT2D eigenvalue weighted by Gasteiger charge is -2.34. The Kier molecular flexibility index (Phi) is 7.09. The first-order valence-corrected chi connectivity index (χ1v) is 12.1. The molecule has 2 heterocycles. The summed E-state index contributed by atoms with van der Waals surface area (Å²) >= 11 is 1.36. The molecular weight excluding hydrogens is 445 g/mol. The maximum Gasteiger partial charge on any atom is 0.341 e. The van der Waals surface area contributed by atoms with Crippen LogP contribution in [0.5, 0.6) is 0 Å². The monoisotopic (exact) mass is 473 g/mol. The quantitative estimate of drug-likeness (QED) is 0.621. The Labute approximate surface area is 196 Å². The van der Waals surface area contributed by atoms with Crippen LogP contribution >= 0.6 is 11.3 Å². The molecule has 1 saturated heterocycles. The van der Waals surface area contributed by atoms with Gasteiger partial charge in [-0.05, 0) is 61.2 Å². The fraction of sp³-hybridized carbons (Fsp3) is 0.458. The van der Waals surface area contributed by atoms with Crippen LogP contribution in [0.4, 0.5) is 9.39 Å². The molecule has 1 aliphatic carbocycles. The van der Waals surface area contributed by atoms with E-state index in [1.54, 1.807) is 30.9 Å². The molecule has 0 atom stereocenters. The van der Waals surface area contributed by atoms with Gasteiger partial charge in [0.15, 0.2) is 0 Å². The molecular formula is C24H28FN3O4S. The molecule has 33 heavy (non-hydrogen) atoms. The van der Waals surface area contributed by atoms with E-state index in [0.29, 0.717) is 53.8 Å². The molecule has 1 N–H and O–H groups in total. The highest BCUT2D eigenvalue weighted by atomic mass is 32.1. The van der Waals surface area contributed by atoms with E-state index >= 15 is 0 Å². The molecule has 4 rings (SSSR count). The number of halogens is 1. The van der Waals surface area contributed by atoms with Crippen LogP contribution in [-0.2, 0) is 9.53 Å². The third-order valence-electron chi connectivity index (χ3n) is 6.01. The molecule has 0 spiro atoms. The van der Waals surface area contributed by atoms with Gasteiger partial charge in [0.1, 0.15) is 10.8 Å². The highest BCUT2D eigenvalue weighted by Gasteiger charge is 2.32. The zero-order chi connectivity index (χ0) is 23.5. The Morgan fingerprint density at radius 2 is 1.91 bits per heavy atom. The van der Waals surface area contributed by atoms with Crippen molar-refractivity contribution < 1.29 is 23.5 Å². The third-order valence-corrected chi connectivity index (χ3v) is 6.93. The van der Waals surface area contributed by atoms with E-state index in [9.17, 15) is 18.8 Å². The van der Waals surface area contributed by atoms with Crippen molar-refractivity contribution in [3.8, 4) is 0 Å². The number of nitrogens with zero attached hydrogens (tertiary/aromatic N) is 2. The van der Waals surface area contributed by atoms with Gasteiger partial charge in [-0.2, -0.15) is 0 Å². The highest BCUT2D eigenvalue weighted by molar-refractivity contribution is 7.15. The summed E-state index contributed by atoms with van der Waals surface area (Å²) < 4.78 is 19.0. The second-order valence-corrected chi connectivity index (χ2v) is 9.35. The van der Waals surface area contributed by atoms with Crippen LogP contribution in [0.1, 0.15) is 57.5 Å². The number of piperazine rings is 1. The van der Waals surface area contributed by atoms with Gasteiger partial charge in [0.05, 0.1) is 18.7 Å². The average molecular weight is 474 g/mol. The maximum atomic E-state index is 13.8. The van der Waals surface area contributed by atoms with Gasteiger partial charge in [0, 0.05) is 31.7 Å². The molecule has 1 saturated carbocycles. The normalized spacial score (nSPS) is 16.5. The Morgan fingerprint density at radius 3 is 2.55 bits per heavy atom. The summed E-state index contributed by atoms with van der Waals surface area (Å²) in [5.74, 6) is -0.820. The van der Waals surface area contributed by atoms with Crippen LogP contribution in [0.2, 0.25) is 0 Å². The van der Waals surface area contributed by atoms with Gasteiger partial charge < -0.3 is 15.0 Å². The molecule has 9 heteroatoms. The highest BCUT2D eigenvalue weighted by Crippen LogP contribution is 2.46. The number of hydrogen-bond donors (Lipinski definition) is 1. The number of nitrogens with one attached hydrogen (secondary N) is 1. The predicted octanol–water partition coefficient (Wildman–Crippen LogP) is 3.65. The number of aryl methyl sites for hydroxylation is 1. The molecule has 2 aliphatic rings. The lowest BCUT2D eigenvalue weighted by molar-refractivity contribution is -0.117. The molecule has 0 radical (unpaired) electrons. The Bertz CT molecular complexity index is 1060. The van der Waals surface area contributed by atoms with E-state index in [2.05, 4.69) is 5.32 Å². The van der Waals surface area contributed by atoms with Crippen LogP contribution in [0.25, 0.3) is 0 Å². The van der Waals surface area contributed by atoms with Crippen molar-refractivity contribution in [1.29, 1.82) is 0 Å². The zero-order valence-corrected chi connectivity index (χ0v) is 19.7. The summed E-state index contributed by atoms with van der Waals surface area (Å²) in [6, 6.07) is 4.51. The van der Waals surface area contributed by atoms with Crippen LogP contribution in [0, 0.1) is 12.7 Å². The number of carbonyl (C=O) groups is 3. The summed E-state index contributed by atoms with van der Waals surface area (Å²) in [5, 5.41) is 5.37. The second kappa shape index (κ2) is 10.0. The van der Waals surface area contributed by atoms with Crippen LogP contribution < -0.4 is 5.32 Å². The Hall–Kier alpha value is -2.78. The van der Waals surface area contributed by atoms with Crippen molar-refractivity contribution in [2.75, 3.05) is 44.6 Å². The van der Waals surface area contributed by atoms with Crippen molar-refractivity contribution in [1.82, 2.24) is 9.80 Å². The summed E-state index contributed by atoms with van der Waals surface area (Å²) in [5.41, 5.74) is 2.29. The molecule has 0 bridgehead atoms. The first kappa shape index (κ1) is 23.4. The number of thiophene rings is 1. The third kappa shape index (κ3) is 5.42. The van der Waals surface area contributed by atoms with E-state index in [-0.39, 0.29) is 25.0 Å². The molecule has 2 amide bonds. The minimum Gasteiger partial charge on any atom is -0.462 e. The Balaban J connectivity index is 1.32. The molecule has 1 aliphatic heterocycles. The van der Waals surface area contributed by atoms with Crippen molar-refractivity contribution in [2.45, 2.75) is 32.6 Å². The van der Waals surface area contributed by atoms with E-state index in [0.717, 1.165) is 18.4 Å². The molecule has 0 unspecified atom stereocenters. The number of amides is 2. The van der Waals surface area contributed by atoms with E-state index < -0.39 is 11.8 Å². The Morgan fingerprint density at radius 1 is 1.18 bits per heavy atom. The fourth-order valence-corrected chi connectivity index (χ4v) is 5.01. The molecule has 2 fully saturated rings. The number of ether oxygens (including phenoxy) is 1. The van der Waals surface area contributed by atoms with Gasteiger partial charge in [-0.1, -0.05) is 6.07 Å². The predicted molar refractivity (Wildman–Crippen MR) is 124 cm³/mol.